The van der Waals surface area contributed by atoms with E-state index in [0.717, 1.165) is 17.8 Å². The summed E-state index contributed by atoms with van der Waals surface area (Å²) in [6, 6.07) is 3.82. The molecule has 1 aromatic carbocycles. The first-order chi connectivity index (χ1) is 22.2. The fourth-order valence-corrected chi connectivity index (χ4v) is 8.03. The summed E-state index contributed by atoms with van der Waals surface area (Å²) in [7, 11) is 1.54. The Kier molecular flexibility index (Phi) is 9.34. The fraction of sp³-hybridized carbons (Fsp3) is 0.588. The summed E-state index contributed by atoms with van der Waals surface area (Å²) in [4.78, 5) is 37.0. The van der Waals surface area contributed by atoms with Crippen LogP contribution in [0, 0.1) is 17.3 Å². The van der Waals surface area contributed by atoms with Gasteiger partial charge in [0, 0.05) is 35.7 Å². The number of rotatable bonds is 10. The highest BCUT2D eigenvalue weighted by atomic mass is 35.5. The summed E-state index contributed by atoms with van der Waals surface area (Å²) in [5.41, 5.74) is 7.08. The number of nitrogens with zero attached hydrogens (tertiary/aromatic N) is 3. The molecule has 3 aliphatic rings. The number of likely N-dealkylation sites (tertiary alicyclic amines) is 1. The first kappa shape index (κ1) is 33.7. The van der Waals surface area contributed by atoms with Crippen LogP contribution in [0.25, 0.3) is 22.3 Å². The van der Waals surface area contributed by atoms with Crippen molar-refractivity contribution in [2.45, 2.75) is 96.7 Å². The lowest BCUT2D eigenvalue weighted by Gasteiger charge is -2.40. The zero-order chi connectivity index (χ0) is 33.8. The smallest absolute Gasteiger partial charge is 0.407 e. The number of thiazole rings is 1. The molecule has 2 aromatic heterocycles. The van der Waals surface area contributed by atoms with Crippen LogP contribution in [0.1, 0.15) is 71.2 Å². The monoisotopic (exact) mass is 685 g/mol. The number of primary amides is 1. The van der Waals surface area contributed by atoms with Crippen molar-refractivity contribution in [2.24, 2.45) is 23.0 Å². The maximum Gasteiger partial charge on any atom is 0.407 e. The standard InChI is InChI=1S/C34H44ClN5O6S/c1-16(2)31-38-23(15-47-31)22-13-26(21-7-8-25(44-6)27(35)28(21)37-22)45-20-12-24(30(36)41)40(14-20)32(42)29(34(3,4)5)39-33(43)46-19-10-17-9-18(17)11-19/h7-8,13,15-20,24,29,32,42H,9-12,14H2,1-6H3,(H2,36,41)(H,39,43)/t17-,18+,19?,20-,24+,29-,32?/m1/s1. The van der Waals surface area contributed by atoms with Crippen molar-refractivity contribution in [1.29, 1.82) is 0 Å². The van der Waals surface area contributed by atoms with Gasteiger partial charge >= 0.3 is 6.09 Å². The molecule has 0 radical (unpaired) electrons. The number of ether oxygens (including phenoxy) is 3. The van der Waals surface area contributed by atoms with Gasteiger partial charge in [-0.1, -0.05) is 46.2 Å². The molecule has 2 unspecified atom stereocenters. The van der Waals surface area contributed by atoms with Crippen LogP contribution in [0.2, 0.25) is 5.02 Å². The van der Waals surface area contributed by atoms with E-state index in [9.17, 15) is 14.7 Å². The number of fused-ring (bicyclic) bond motifs is 2. The summed E-state index contributed by atoms with van der Waals surface area (Å²) < 4.78 is 17.8. The van der Waals surface area contributed by atoms with E-state index in [2.05, 4.69) is 19.2 Å². The summed E-state index contributed by atoms with van der Waals surface area (Å²) in [6.07, 6.45) is 0.799. The molecule has 4 N–H and O–H groups in total. The summed E-state index contributed by atoms with van der Waals surface area (Å²) >= 11 is 8.31. The number of benzene rings is 1. The third-order valence-corrected chi connectivity index (χ3v) is 11.1. The van der Waals surface area contributed by atoms with Gasteiger partial charge in [0.05, 0.1) is 35.4 Å². The van der Waals surface area contributed by atoms with Crippen molar-refractivity contribution in [3.8, 4) is 22.9 Å². The van der Waals surface area contributed by atoms with E-state index < -0.39 is 41.8 Å². The number of aromatic nitrogens is 2. The molecule has 3 fully saturated rings. The van der Waals surface area contributed by atoms with Crippen molar-refractivity contribution in [1.82, 2.24) is 20.2 Å². The predicted octanol–water partition coefficient (Wildman–Crippen LogP) is 5.71. The number of carbonyl (C=O) groups is 2. The first-order valence-corrected chi connectivity index (χ1v) is 17.5. The molecule has 13 heteroatoms. The molecule has 3 heterocycles. The Labute approximate surface area is 284 Å². The van der Waals surface area contributed by atoms with Crippen LogP contribution in [0.3, 0.4) is 0 Å². The Morgan fingerprint density at radius 2 is 1.81 bits per heavy atom. The van der Waals surface area contributed by atoms with Crippen molar-refractivity contribution in [3.63, 3.8) is 0 Å². The number of pyridine rings is 1. The first-order valence-electron chi connectivity index (χ1n) is 16.2. The van der Waals surface area contributed by atoms with Crippen LogP contribution in [-0.4, -0.2) is 76.1 Å². The van der Waals surface area contributed by atoms with E-state index in [1.807, 2.05) is 38.3 Å². The van der Waals surface area contributed by atoms with Gasteiger partial charge in [-0.2, -0.15) is 0 Å². The molecule has 1 aliphatic heterocycles. The molecule has 11 nitrogen and oxygen atoms in total. The maximum atomic E-state index is 13.0. The molecule has 0 spiro atoms. The van der Waals surface area contributed by atoms with Crippen LogP contribution >= 0.6 is 22.9 Å². The molecule has 7 atom stereocenters. The lowest BCUT2D eigenvalue weighted by Crippen LogP contribution is -2.60. The van der Waals surface area contributed by atoms with Gasteiger partial charge in [0.25, 0.3) is 0 Å². The number of aliphatic hydroxyl groups is 1. The number of hydrogen-bond acceptors (Lipinski definition) is 10. The minimum absolute atomic E-state index is 0.103. The fourth-order valence-electron chi connectivity index (χ4n) is 6.92. The zero-order valence-corrected chi connectivity index (χ0v) is 29.2. The Hall–Kier alpha value is -3.19. The number of halogens is 1. The molecule has 2 amide bonds. The molecule has 1 saturated heterocycles. The van der Waals surface area contributed by atoms with E-state index in [0.29, 0.717) is 50.6 Å². The highest BCUT2D eigenvalue weighted by molar-refractivity contribution is 7.10. The third kappa shape index (κ3) is 7.02. The van der Waals surface area contributed by atoms with Crippen LogP contribution in [0.5, 0.6) is 11.5 Å². The van der Waals surface area contributed by atoms with Crippen LogP contribution < -0.4 is 20.5 Å². The summed E-state index contributed by atoms with van der Waals surface area (Å²) in [5.74, 6) is 1.98. The minimum Gasteiger partial charge on any atom is -0.495 e. The Morgan fingerprint density at radius 3 is 2.43 bits per heavy atom. The topological polar surface area (TPSA) is 149 Å². The van der Waals surface area contributed by atoms with E-state index in [4.69, 9.17) is 41.5 Å². The van der Waals surface area contributed by atoms with Gasteiger partial charge in [-0.25, -0.2) is 14.8 Å². The summed E-state index contributed by atoms with van der Waals surface area (Å²) in [6.45, 7) is 10.1. The van der Waals surface area contributed by atoms with Gasteiger partial charge < -0.3 is 30.4 Å². The van der Waals surface area contributed by atoms with E-state index in [1.165, 1.54) is 6.42 Å². The van der Waals surface area contributed by atoms with Crippen LogP contribution in [0.15, 0.2) is 23.6 Å². The third-order valence-electron chi connectivity index (χ3n) is 9.59. The average molecular weight is 686 g/mol. The number of alkyl carbamates (subject to hydrolysis) is 1. The molecule has 0 bridgehead atoms. The molecule has 3 aromatic rings. The molecule has 6 rings (SSSR count). The van der Waals surface area contributed by atoms with Gasteiger partial charge in [-0.05, 0) is 48.6 Å². The highest BCUT2D eigenvalue weighted by Crippen LogP contribution is 2.52. The number of aliphatic hydroxyl groups excluding tert-OH is 1. The van der Waals surface area contributed by atoms with Gasteiger partial charge in [-0.15, -0.1) is 11.3 Å². The molecule has 2 aliphatic carbocycles. The normalized spacial score (nSPS) is 25.4. The van der Waals surface area contributed by atoms with Gasteiger partial charge in [0.15, 0.2) is 0 Å². The minimum atomic E-state index is -1.24. The molecular weight excluding hydrogens is 642 g/mol. The molecule has 47 heavy (non-hydrogen) atoms. The maximum absolute atomic E-state index is 13.0. The van der Waals surface area contributed by atoms with Gasteiger partial charge in [-0.3, -0.25) is 9.69 Å². The second-order valence-electron chi connectivity index (χ2n) is 14.5. The zero-order valence-electron chi connectivity index (χ0n) is 27.7. The Morgan fingerprint density at radius 1 is 1.09 bits per heavy atom. The number of nitrogens with two attached hydrogens (primary N) is 1. The van der Waals surface area contributed by atoms with Crippen molar-refractivity contribution < 1.29 is 28.9 Å². The Balaban J connectivity index is 1.26. The van der Waals surface area contributed by atoms with Crippen molar-refractivity contribution in [2.75, 3.05) is 13.7 Å². The molecule has 2 saturated carbocycles. The second-order valence-corrected chi connectivity index (χ2v) is 15.7. The van der Waals surface area contributed by atoms with Crippen molar-refractivity contribution in [3.05, 3.63) is 33.6 Å². The predicted molar refractivity (Wildman–Crippen MR) is 181 cm³/mol. The SMILES string of the molecule is COc1ccc2c(O[C@@H]3C[C@@H](C(N)=O)N(C(O)[C@@H](NC(=O)OC4C[C@@H]5C[C@@H]5C4)C(C)(C)C)C3)cc(-c3csc(C(C)C)n3)nc2c1Cl. The lowest BCUT2D eigenvalue weighted by molar-refractivity contribution is -0.128. The van der Waals surface area contributed by atoms with Gasteiger partial charge in [0.1, 0.15) is 40.7 Å². The van der Waals surface area contributed by atoms with Crippen molar-refractivity contribution >= 4 is 45.8 Å². The number of methoxy groups -OCH3 is 1. The quantitative estimate of drug-likeness (QED) is 0.244. The number of hydrogen-bond donors (Lipinski definition) is 3. The average Bonchev–Trinajstić information content (AvgIpc) is 3.39. The highest BCUT2D eigenvalue weighted by Gasteiger charge is 2.49. The second kappa shape index (κ2) is 13.0. The van der Waals surface area contributed by atoms with Crippen LogP contribution in [0.4, 0.5) is 4.79 Å². The van der Waals surface area contributed by atoms with E-state index in [1.54, 1.807) is 29.4 Å². The Bertz CT molecular complexity index is 1650. The molecule has 254 valence electrons. The largest absolute Gasteiger partial charge is 0.495 e. The lowest BCUT2D eigenvalue weighted by atomic mass is 9.85. The number of nitrogens with one attached hydrogen (secondary N) is 1. The summed E-state index contributed by atoms with van der Waals surface area (Å²) in [5, 5.41) is 18.6. The number of carbonyl (C=O) groups excluding carboxylic acids is 2. The number of amides is 2. The van der Waals surface area contributed by atoms with Crippen LogP contribution in [-0.2, 0) is 9.53 Å². The van der Waals surface area contributed by atoms with E-state index in [-0.39, 0.29) is 25.0 Å². The van der Waals surface area contributed by atoms with Gasteiger partial charge in [0.2, 0.25) is 5.91 Å². The van der Waals surface area contributed by atoms with E-state index >= 15 is 0 Å². The molecular formula is C34H44ClN5O6S.